The van der Waals surface area contributed by atoms with Crippen LogP contribution in [0.4, 0.5) is 39.5 Å². The van der Waals surface area contributed by atoms with Gasteiger partial charge in [-0.1, -0.05) is 27.2 Å². The third-order valence-electron chi connectivity index (χ3n) is 4.42. The zero-order valence-electron chi connectivity index (χ0n) is 16.5. The van der Waals surface area contributed by atoms with E-state index in [1.165, 1.54) is 0 Å². The minimum atomic E-state index is -6.99. The van der Waals surface area contributed by atoms with Crippen molar-refractivity contribution < 1.29 is 58.6 Å². The number of esters is 2. The van der Waals surface area contributed by atoms with Crippen molar-refractivity contribution in [1.29, 1.82) is 0 Å². The summed E-state index contributed by atoms with van der Waals surface area (Å²) in [6, 6.07) is 0. The summed E-state index contributed by atoms with van der Waals surface area (Å²) in [4.78, 5) is 22.8. The van der Waals surface area contributed by atoms with Gasteiger partial charge in [0.2, 0.25) is 0 Å². The molecule has 178 valence electrons. The maximum atomic E-state index is 13.3. The van der Waals surface area contributed by atoms with E-state index in [-0.39, 0.29) is 11.8 Å². The van der Waals surface area contributed by atoms with Gasteiger partial charge >= 0.3 is 35.9 Å². The normalized spacial score (nSPS) is 13.9. The van der Waals surface area contributed by atoms with Crippen molar-refractivity contribution in [1.82, 2.24) is 0 Å². The first-order chi connectivity index (χ1) is 13.3. The van der Waals surface area contributed by atoms with Crippen LogP contribution in [0, 0.1) is 5.41 Å². The average molecular weight is 462 g/mol. The Bertz CT molecular complexity index is 586. The fourth-order valence-electron chi connectivity index (χ4n) is 1.87. The summed E-state index contributed by atoms with van der Waals surface area (Å²) in [5.41, 5.74) is -0.117. The third kappa shape index (κ3) is 7.53. The fraction of sp³-hybridized carbons (Fsp3) is 0.882. The Kier molecular flexibility index (Phi) is 9.51. The molecule has 30 heavy (non-hydrogen) atoms. The van der Waals surface area contributed by atoms with Gasteiger partial charge in [-0.05, 0) is 11.8 Å². The predicted molar refractivity (Wildman–Crippen MR) is 85.4 cm³/mol. The van der Waals surface area contributed by atoms with E-state index < -0.39 is 61.9 Å². The van der Waals surface area contributed by atoms with Crippen LogP contribution in [-0.2, 0) is 19.1 Å². The minimum Gasteiger partial charge on any atom is -0.465 e. The van der Waals surface area contributed by atoms with Gasteiger partial charge < -0.3 is 9.47 Å². The molecule has 0 bridgehead atoms. The lowest BCUT2D eigenvalue weighted by atomic mass is 9.85. The van der Waals surface area contributed by atoms with E-state index in [2.05, 4.69) is 4.74 Å². The molecule has 0 spiro atoms. The number of carbonyl (C=O) groups excluding carboxylic acids is 2. The van der Waals surface area contributed by atoms with Gasteiger partial charge in [-0.15, -0.1) is 0 Å². The highest BCUT2D eigenvalue weighted by molar-refractivity contribution is 5.71. The minimum absolute atomic E-state index is 0.0462. The largest absolute Gasteiger partial charge is 0.465 e. The Labute approximate surface area is 167 Å². The Morgan fingerprint density at radius 2 is 1.17 bits per heavy atom. The third-order valence-corrected chi connectivity index (χ3v) is 4.42. The fourth-order valence-corrected chi connectivity index (χ4v) is 1.87. The standard InChI is InChI=1S/C17H23F9O4/c1-4-13(2,3)7-5-11(27)29-9-6-12(28)30-10-8-14(18,19)15(20,21)16(22,23)17(24,25)26/h4-10H2,1-3H3. The molecular formula is C17H23F9O4. The van der Waals surface area contributed by atoms with Crippen LogP contribution < -0.4 is 0 Å². The maximum Gasteiger partial charge on any atom is 0.460 e. The van der Waals surface area contributed by atoms with E-state index in [1.54, 1.807) is 0 Å². The van der Waals surface area contributed by atoms with Crippen molar-refractivity contribution in [3.63, 3.8) is 0 Å². The number of halogens is 9. The summed E-state index contributed by atoms with van der Waals surface area (Å²) < 4.78 is 123. The molecule has 0 aromatic heterocycles. The molecule has 0 saturated carbocycles. The molecule has 0 aromatic carbocycles. The number of ether oxygens (including phenoxy) is 2. The Balaban J connectivity index is 4.46. The quantitative estimate of drug-likeness (QED) is 0.283. The van der Waals surface area contributed by atoms with Gasteiger partial charge in [0.1, 0.15) is 6.61 Å². The molecule has 0 rings (SSSR count). The van der Waals surface area contributed by atoms with Crippen molar-refractivity contribution in [2.24, 2.45) is 5.41 Å². The van der Waals surface area contributed by atoms with E-state index in [1.807, 2.05) is 20.8 Å². The van der Waals surface area contributed by atoms with Crippen LogP contribution in [0.2, 0.25) is 0 Å². The van der Waals surface area contributed by atoms with Crippen LogP contribution in [0.3, 0.4) is 0 Å². The molecule has 0 N–H and O–H groups in total. The first-order valence-electron chi connectivity index (χ1n) is 8.82. The highest BCUT2D eigenvalue weighted by Gasteiger charge is 2.81. The van der Waals surface area contributed by atoms with Gasteiger partial charge in [-0.2, -0.15) is 39.5 Å². The smallest absolute Gasteiger partial charge is 0.460 e. The number of carbonyl (C=O) groups is 2. The highest BCUT2D eigenvalue weighted by Crippen LogP contribution is 2.53. The van der Waals surface area contributed by atoms with Crippen molar-refractivity contribution in [2.75, 3.05) is 13.2 Å². The Morgan fingerprint density at radius 1 is 0.700 bits per heavy atom. The number of rotatable bonds is 12. The highest BCUT2D eigenvalue weighted by atomic mass is 19.4. The number of hydrogen-bond acceptors (Lipinski definition) is 4. The molecular weight excluding hydrogens is 439 g/mol. The van der Waals surface area contributed by atoms with Gasteiger partial charge in [-0.25, -0.2) is 0 Å². The van der Waals surface area contributed by atoms with E-state index in [0.717, 1.165) is 6.42 Å². The molecule has 0 aromatic rings. The first kappa shape index (κ1) is 28.3. The lowest BCUT2D eigenvalue weighted by molar-refractivity contribution is -0.397. The first-order valence-corrected chi connectivity index (χ1v) is 8.82. The van der Waals surface area contributed by atoms with Gasteiger partial charge in [0, 0.05) is 6.42 Å². The lowest BCUT2D eigenvalue weighted by Gasteiger charge is -2.33. The summed E-state index contributed by atoms with van der Waals surface area (Å²) in [6.07, 6.45) is -8.49. The Hall–Kier alpha value is -1.69. The maximum absolute atomic E-state index is 13.3. The van der Waals surface area contributed by atoms with E-state index in [9.17, 15) is 49.1 Å². The number of hydrogen-bond donors (Lipinski definition) is 0. The van der Waals surface area contributed by atoms with Crippen LogP contribution in [0.25, 0.3) is 0 Å². The topological polar surface area (TPSA) is 52.6 Å². The molecule has 0 saturated heterocycles. The van der Waals surface area contributed by atoms with Crippen LogP contribution in [0.1, 0.15) is 52.9 Å². The molecule has 0 heterocycles. The number of alkyl halides is 9. The molecule has 0 fully saturated rings. The molecule has 13 heteroatoms. The second kappa shape index (κ2) is 10.1. The molecule has 0 aliphatic carbocycles. The predicted octanol–water partition coefficient (Wildman–Crippen LogP) is 5.54. The van der Waals surface area contributed by atoms with Gasteiger partial charge in [0.15, 0.2) is 0 Å². The van der Waals surface area contributed by atoms with Gasteiger partial charge in [-0.3, -0.25) is 9.59 Å². The second-order valence-electron chi connectivity index (χ2n) is 7.31. The van der Waals surface area contributed by atoms with Crippen molar-refractivity contribution in [3.8, 4) is 0 Å². The van der Waals surface area contributed by atoms with E-state index in [0.29, 0.717) is 6.42 Å². The van der Waals surface area contributed by atoms with Crippen LogP contribution in [-0.4, -0.2) is 49.1 Å². The zero-order chi connectivity index (χ0) is 24.0. The molecule has 0 unspecified atom stereocenters. The van der Waals surface area contributed by atoms with Gasteiger partial charge in [0.25, 0.3) is 0 Å². The SMILES string of the molecule is CCC(C)(C)CCC(=O)OCCC(=O)OCCC(F)(F)C(F)(F)C(F)(F)C(F)(F)F. The summed E-state index contributed by atoms with van der Waals surface area (Å²) in [5.74, 6) is -21.5. The van der Waals surface area contributed by atoms with Crippen molar-refractivity contribution in [3.05, 3.63) is 0 Å². The summed E-state index contributed by atoms with van der Waals surface area (Å²) >= 11 is 0. The zero-order valence-corrected chi connectivity index (χ0v) is 16.5. The van der Waals surface area contributed by atoms with Crippen LogP contribution in [0.5, 0.6) is 0 Å². The van der Waals surface area contributed by atoms with E-state index in [4.69, 9.17) is 4.74 Å². The Morgan fingerprint density at radius 3 is 1.63 bits per heavy atom. The van der Waals surface area contributed by atoms with Crippen LogP contribution >= 0.6 is 0 Å². The average Bonchev–Trinajstić information content (AvgIpc) is 2.58. The second-order valence-corrected chi connectivity index (χ2v) is 7.31. The lowest BCUT2D eigenvalue weighted by Crippen LogP contribution is -2.61. The summed E-state index contributed by atoms with van der Waals surface area (Å²) in [7, 11) is 0. The molecule has 0 radical (unpaired) electrons. The molecule has 0 aliphatic rings. The monoisotopic (exact) mass is 462 g/mol. The van der Waals surface area contributed by atoms with Crippen molar-refractivity contribution >= 4 is 11.9 Å². The van der Waals surface area contributed by atoms with Crippen molar-refractivity contribution in [2.45, 2.75) is 76.8 Å². The van der Waals surface area contributed by atoms with Gasteiger partial charge in [0.05, 0.1) is 19.4 Å². The molecule has 0 atom stereocenters. The molecule has 0 amide bonds. The molecule has 4 nitrogen and oxygen atoms in total. The molecule has 0 aliphatic heterocycles. The van der Waals surface area contributed by atoms with Crippen LogP contribution in [0.15, 0.2) is 0 Å². The summed E-state index contributed by atoms with van der Waals surface area (Å²) in [6.45, 7) is 3.70. The van der Waals surface area contributed by atoms with E-state index >= 15 is 0 Å². The summed E-state index contributed by atoms with van der Waals surface area (Å²) in [5, 5.41) is 0.